The minimum Gasteiger partial charge on any atom is -0.490 e. The summed E-state index contributed by atoms with van der Waals surface area (Å²) in [5.41, 5.74) is -1.72. The number of carbonyl (C=O) groups excluding carboxylic acids is 3. The molecule has 0 aliphatic heterocycles. The van der Waals surface area contributed by atoms with Crippen LogP contribution in [0, 0.1) is 16.7 Å². The van der Waals surface area contributed by atoms with Gasteiger partial charge in [-0.3, -0.25) is 23.8 Å². The second-order valence-corrected chi connectivity index (χ2v) is 16.2. The molecule has 0 radical (unpaired) electrons. The molecule has 12 heteroatoms. The summed E-state index contributed by atoms with van der Waals surface area (Å²) >= 11 is 0. The van der Waals surface area contributed by atoms with E-state index in [4.69, 9.17) is 18.8 Å². The van der Waals surface area contributed by atoms with Crippen LogP contribution in [-0.4, -0.2) is 85.5 Å². The Morgan fingerprint density at radius 3 is 1.61 bits per heavy atom. The fourth-order valence-corrected chi connectivity index (χ4v) is 4.96. The van der Waals surface area contributed by atoms with Crippen LogP contribution in [0.5, 0.6) is 5.75 Å². The maximum Gasteiger partial charge on any atom is 0.311 e. The molecular formula is C37H68N2O9S. The lowest BCUT2D eigenvalue weighted by Crippen LogP contribution is -2.49. The van der Waals surface area contributed by atoms with Crippen LogP contribution in [0.3, 0.4) is 0 Å². The zero-order chi connectivity index (χ0) is 38.6. The number of nitrogens with zero attached hydrogens (tertiary/aromatic N) is 1. The highest BCUT2D eigenvalue weighted by Crippen LogP contribution is 2.22. The minimum atomic E-state index is -4.07. The van der Waals surface area contributed by atoms with Crippen LogP contribution in [0.2, 0.25) is 0 Å². The smallest absolute Gasteiger partial charge is 0.311 e. The summed E-state index contributed by atoms with van der Waals surface area (Å²) in [6.07, 6.45) is 2.27. The second-order valence-electron chi connectivity index (χ2n) is 14.7. The average Bonchev–Trinajstić information content (AvgIpc) is 2.99. The van der Waals surface area contributed by atoms with E-state index < -0.39 is 26.8 Å². The first-order valence-electron chi connectivity index (χ1n) is 17.4. The summed E-state index contributed by atoms with van der Waals surface area (Å²) in [4.78, 5) is 37.2. The Kier molecular flexibility index (Phi) is 22.6. The molecule has 0 heterocycles. The average molecular weight is 717 g/mol. The SMILES string of the molecule is CCC(C)(C)C(=O)OCCN(C(C)C)C(C)C.CCC(C)(C)C(=O)OCCOc1ccccc1.CCC(C)C(=O)NC(C)(C)CS(=O)(=O)O. The molecule has 0 aliphatic rings. The normalized spacial score (nSPS) is 12.7. The van der Waals surface area contributed by atoms with E-state index in [9.17, 15) is 22.8 Å². The molecule has 286 valence electrons. The summed E-state index contributed by atoms with van der Waals surface area (Å²) in [6, 6.07) is 10.4. The third kappa shape index (κ3) is 22.6. The van der Waals surface area contributed by atoms with Crippen molar-refractivity contribution in [2.24, 2.45) is 16.7 Å². The molecule has 0 bridgehead atoms. The van der Waals surface area contributed by atoms with E-state index in [2.05, 4.69) is 37.9 Å². The van der Waals surface area contributed by atoms with E-state index in [-0.39, 0.29) is 35.8 Å². The van der Waals surface area contributed by atoms with Gasteiger partial charge in [-0.05, 0) is 101 Å². The molecular weight excluding hydrogens is 648 g/mol. The summed E-state index contributed by atoms with van der Waals surface area (Å²) in [6.45, 7) is 29.0. The van der Waals surface area contributed by atoms with Gasteiger partial charge in [0.1, 0.15) is 25.6 Å². The topological polar surface area (TPSA) is 149 Å². The van der Waals surface area contributed by atoms with Gasteiger partial charge in [0.05, 0.1) is 22.1 Å². The highest BCUT2D eigenvalue weighted by atomic mass is 32.2. The Labute approximate surface area is 298 Å². The first-order chi connectivity index (χ1) is 22.4. The molecule has 1 amide bonds. The molecule has 2 N–H and O–H groups in total. The van der Waals surface area contributed by atoms with E-state index >= 15 is 0 Å². The van der Waals surface area contributed by atoms with E-state index in [1.165, 1.54) is 0 Å². The number of hydrogen-bond donors (Lipinski definition) is 2. The number of rotatable bonds is 18. The van der Waals surface area contributed by atoms with Crippen LogP contribution in [0.1, 0.15) is 116 Å². The Balaban J connectivity index is 0. The molecule has 0 saturated carbocycles. The van der Waals surface area contributed by atoms with E-state index in [0.717, 1.165) is 25.1 Å². The standard InChI is InChI=1S/C14H29NO2.C14H20O3.C9H19NO4S/c1-8-14(6,7)13(16)17-10-9-15(11(2)3)12(4)5;1-4-14(2,3)13(15)17-11-10-16-12-8-6-5-7-9-12;1-5-7(2)8(11)10-9(3,4)6-15(12,13)14/h11-12H,8-10H2,1-7H3;5-9H,4,10-11H2,1-3H3;7H,5-6H2,1-4H3,(H,10,11)(H,12,13,14). The molecule has 0 aromatic heterocycles. The number of amides is 1. The van der Waals surface area contributed by atoms with Gasteiger partial charge in [0.25, 0.3) is 10.1 Å². The van der Waals surface area contributed by atoms with Crippen LogP contribution in [0.25, 0.3) is 0 Å². The third-order valence-electron chi connectivity index (χ3n) is 8.18. The summed E-state index contributed by atoms with van der Waals surface area (Å²) < 4.78 is 46.0. The zero-order valence-electron chi connectivity index (χ0n) is 32.8. The predicted octanol–water partition coefficient (Wildman–Crippen LogP) is 6.94. The van der Waals surface area contributed by atoms with Crippen molar-refractivity contribution < 1.29 is 41.6 Å². The Morgan fingerprint density at radius 1 is 0.776 bits per heavy atom. The van der Waals surface area contributed by atoms with Gasteiger partial charge < -0.3 is 19.5 Å². The molecule has 1 unspecified atom stereocenters. The van der Waals surface area contributed by atoms with Gasteiger partial charge in [-0.1, -0.05) is 45.9 Å². The monoisotopic (exact) mass is 716 g/mol. The highest BCUT2D eigenvalue weighted by Gasteiger charge is 2.29. The molecule has 0 spiro atoms. The lowest BCUT2D eigenvalue weighted by atomic mass is 9.91. The molecule has 1 aromatic rings. The van der Waals surface area contributed by atoms with Crippen molar-refractivity contribution in [3.63, 3.8) is 0 Å². The molecule has 1 atom stereocenters. The Morgan fingerprint density at radius 2 is 1.22 bits per heavy atom. The van der Waals surface area contributed by atoms with E-state index in [1.54, 1.807) is 20.8 Å². The molecule has 49 heavy (non-hydrogen) atoms. The van der Waals surface area contributed by atoms with Crippen LogP contribution >= 0.6 is 0 Å². The molecule has 0 fully saturated rings. The van der Waals surface area contributed by atoms with Gasteiger partial charge in [0.2, 0.25) is 5.91 Å². The maximum atomic E-state index is 11.8. The second kappa shape index (κ2) is 22.9. The van der Waals surface area contributed by atoms with Crippen molar-refractivity contribution in [2.75, 3.05) is 32.1 Å². The fourth-order valence-electron chi connectivity index (χ4n) is 3.98. The highest BCUT2D eigenvalue weighted by molar-refractivity contribution is 7.85. The van der Waals surface area contributed by atoms with Crippen molar-refractivity contribution in [3.05, 3.63) is 30.3 Å². The van der Waals surface area contributed by atoms with Gasteiger partial charge in [0.15, 0.2) is 0 Å². The molecule has 0 saturated heterocycles. The number of esters is 2. The van der Waals surface area contributed by atoms with Gasteiger partial charge in [-0.25, -0.2) is 0 Å². The molecule has 1 aromatic carbocycles. The quantitative estimate of drug-likeness (QED) is 0.0929. The lowest BCUT2D eigenvalue weighted by Gasteiger charge is -2.30. The van der Waals surface area contributed by atoms with Crippen LogP contribution in [0.15, 0.2) is 30.3 Å². The Hall–Kier alpha value is -2.70. The first kappa shape index (κ1) is 48.4. The van der Waals surface area contributed by atoms with Crippen molar-refractivity contribution in [3.8, 4) is 5.75 Å². The minimum absolute atomic E-state index is 0.0903. The molecule has 0 aliphatic carbocycles. The van der Waals surface area contributed by atoms with E-state index in [0.29, 0.717) is 31.7 Å². The van der Waals surface area contributed by atoms with Gasteiger partial charge in [-0.15, -0.1) is 0 Å². The van der Waals surface area contributed by atoms with Crippen molar-refractivity contribution in [1.82, 2.24) is 10.2 Å². The summed E-state index contributed by atoms with van der Waals surface area (Å²) in [7, 11) is -4.07. The number of benzene rings is 1. The molecule has 1 rings (SSSR count). The van der Waals surface area contributed by atoms with E-state index in [1.807, 2.05) is 78.8 Å². The van der Waals surface area contributed by atoms with Gasteiger partial charge in [-0.2, -0.15) is 8.42 Å². The molecule has 11 nitrogen and oxygen atoms in total. The zero-order valence-corrected chi connectivity index (χ0v) is 33.7. The number of ether oxygens (including phenoxy) is 3. The van der Waals surface area contributed by atoms with Crippen molar-refractivity contribution in [2.45, 2.75) is 134 Å². The van der Waals surface area contributed by atoms with Crippen molar-refractivity contribution in [1.29, 1.82) is 0 Å². The number of para-hydroxylation sites is 1. The van der Waals surface area contributed by atoms with Gasteiger partial charge >= 0.3 is 11.9 Å². The summed E-state index contributed by atoms with van der Waals surface area (Å²) in [5.74, 6) is -0.318. The number of carbonyl (C=O) groups is 3. The maximum absolute atomic E-state index is 11.8. The first-order valence-corrected chi connectivity index (χ1v) is 19.0. The van der Waals surface area contributed by atoms with Crippen molar-refractivity contribution >= 4 is 28.0 Å². The predicted molar refractivity (Wildman–Crippen MR) is 197 cm³/mol. The third-order valence-corrected chi connectivity index (χ3v) is 9.26. The summed E-state index contributed by atoms with van der Waals surface area (Å²) in [5, 5.41) is 2.59. The van der Waals surface area contributed by atoms with Crippen LogP contribution < -0.4 is 10.1 Å². The lowest BCUT2D eigenvalue weighted by molar-refractivity contribution is -0.155. The number of hydrogen-bond acceptors (Lipinski definition) is 9. The largest absolute Gasteiger partial charge is 0.490 e. The number of nitrogens with one attached hydrogen (secondary N) is 1. The fraction of sp³-hybridized carbons (Fsp3) is 0.757. The Bertz CT molecular complexity index is 1190. The van der Waals surface area contributed by atoms with Crippen LogP contribution in [0.4, 0.5) is 0 Å². The van der Waals surface area contributed by atoms with Crippen LogP contribution in [-0.2, 0) is 34.0 Å². The van der Waals surface area contributed by atoms with Gasteiger partial charge in [0, 0.05) is 24.5 Å².